The number of hydrogen-bond donors (Lipinski definition) is 1. The molecule has 1 N–H and O–H groups in total. The quantitative estimate of drug-likeness (QED) is 0.157. The minimum absolute atomic E-state index is 0.115. The third kappa shape index (κ3) is 5.12. The van der Waals surface area contributed by atoms with E-state index in [4.69, 9.17) is 4.18 Å². The summed E-state index contributed by atoms with van der Waals surface area (Å²) in [4.78, 5) is 4.73. The Kier molecular flexibility index (Phi) is 6.57. The zero-order valence-corrected chi connectivity index (χ0v) is 22.7. The highest BCUT2D eigenvalue weighted by Crippen LogP contribution is 2.50. The van der Waals surface area contributed by atoms with Gasteiger partial charge >= 0.3 is 10.1 Å². The van der Waals surface area contributed by atoms with Gasteiger partial charge in [0.1, 0.15) is 4.90 Å². The number of benzene rings is 4. The van der Waals surface area contributed by atoms with Crippen LogP contribution >= 0.6 is 0 Å². The Labute approximate surface area is 230 Å². The van der Waals surface area contributed by atoms with E-state index in [0.29, 0.717) is 17.4 Å². The fourth-order valence-electron chi connectivity index (χ4n) is 5.49. The molecule has 2 aliphatic rings. The monoisotopic (exact) mass is 534 g/mol. The molecular formula is C33H30N2O3S. The average molecular weight is 535 g/mol. The normalized spacial score (nSPS) is 19.9. The minimum atomic E-state index is -3.96. The summed E-state index contributed by atoms with van der Waals surface area (Å²) in [5.74, 6) is 1.14. The summed E-state index contributed by atoms with van der Waals surface area (Å²) in [5, 5.41) is 3.78. The van der Waals surface area contributed by atoms with Crippen LogP contribution in [0.2, 0.25) is 0 Å². The zero-order valence-electron chi connectivity index (χ0n) is 21.9. The van der Waals surface area contributed by atoms with Crippen molar-refractivity contribution in [3.8, 4) is 5.75 Å². The molecule has 0 bridgehead atoms. The van der Waals surface area contributed by atoms with Gasteiger partial charge in [-0.15, -0.1) is 0 Å². The first-order valence-corrected chi connectivity index (χ1v) is 14.6. The molecule has 4 aromatic carbocycles. The van der Waals surface area contributed by atoms with Gasteiger partial charge in [-0.1, -0.05) is 71.8 Å². The Morgan fingerprint density at radius 1 is 0.897 bits per heavy atom. The Balaban J connectivity index is 1.21. The molecule has 0 fully saturated rings. The lowest BCUT2D eigenvalue weighted by molar-refractivity contribution is 0.425. The first-order chi connectivity index (χ1) is 18.9. The number of aliphatic imine (C=N–C) groups is 1. The number of anilines is 1. The first-order valence-electron chi connectivity index (χ1n) is 13.2. The van der Waals surface area contributed by atoms with Crippen LogP contribution in [-0.2, 0) is 10.1 Å². The summed E-state index contributed by atoms with van der Waals surface area (Å²) in [6.45, 7) is 4.05. The molecule has 6 heteroatoms. The van der Waals surface area contributed by atoms with E-state index in [1.54, 1.807) is 48.7 Å². The lowest BCUT2D eigenvalue weighted by Gasteiger charge is -2.37. The summed E-state index contributed by atoms with van der Waals surface area (Å²) >= 11 is 0. The fourth-order valence-corrected chi connectivity index (χ4v) is 6.44. The number of para-hydroxylation sites is 1. The summed E-state index contributed by atoms with van der Waals surface area (Å²) in [5.41, 5.74) is 7.45. The topological polar surface area (TPSA) is 67.8 Å². The van der Waals surface area contributed by atoms with Gasteiger partial charge in [0.2, 0.25) is 0 Å². The van der Waals surface area contributed by atoms with Crippen molar-refractivity contribution in [1.29, 1.82) is 0 Å². The van der Waals surface area contributed by atoms with Crippen LogP contribution in [0, 0.1) is 19.8 Å². The van der Waals surface area contributed by atoms with Crippen LogP contribution in [0.4, 0.5) is 11.4 Å². The lowest BCUT2D eigenvalue weighted by atomic mass is 9.76. The highest BCUT2D eigenvalue weighted by Gasteiger charge is 2.37. The van der Waals surface area contributed by atoms with Crippen LogP contribution < -0.4 is 9.50 Å². The Morgan fingerprint density at radius 2 is 1.64 bits per heavy atom. The zero-order chi connectivity index (χ0) is 27.0. The van der Waals surface area contributed by atoms with Crippen molar-refractivity contribution in [2.75, 3.05) is 5.32 Å². The smallest absolute Gasteiger partial charge is 0.339 e. The maximum atomic E-state index is 12.8. The molecule has 0 amide bonds. The van der Waals surface area contributed by atoms with Crippen molar-refractivity contribution >= 4 is 27.7 Å². The maximum absolute atomic E-state index is 12.8. The van der Waals surface area contributed by atoms with Gasteiger partial charge in [0.15, 0.2) is 5.75 Å². The SMILES string of the molecule is Cc1ccc(S(=O)(=O)Oc2ccccc2C=Nc2ccc([C@@H]3Nc4ccc(C)cc4[C@@H]4C=CC[C@H]43)cc2)cc1. The van der Waals surface area contributed by atoms with Gasteiger partial charge in [0, 0.05) is 23.4 Å². The van der Waals surface area contributed by atoms with E-state index in [0.717, 1.165) is 17.7 Å². The van der Waals surface area contributed by atoms with E-state index >= 15 is 0 Å². The molecule has 0 unspecified atom stereocenters. The number of allylic oxidation sites excluding steroid dienone is 2. The van der Waals surface area contributed by atoms with Crippen molar-refractivity contribution in [2.24, 2.45) is 10.9 Å². The molecular weight excluding hydrogens is 504 g/mol. The van der Waals surface area contributed by atoms with Crippen molar-refractivity contribution in [3.05, 3.63) is 131 Å². The van der Waals surface area contributed by atoms with Crippen LogP contribution in [0.3, 0.4) is 0 Å². The van der Waals surface area contributed by atoms with Crippen molar-refractivity contribution in [2.45, 2.75) is 37.1 Å². The van der Waals surface area contributed by atoms with Crippen LogP contribution in [0.5, 0.6) is 5.75 Å². The second-order valence-corrected chi connectivity index (χ2v) is 11.9. The number of hydrogen-bond acceptors (Lipinski definition) is 5. The van der Waals surface area contributed by atoms with Crippen molar-refractivity contribution in [3.63, 3.8) is 0 Å². The number of aryl methyl sites for hydroxylation is 2. The predicted octanol–water partition coefficient (Wildman–Crippen LogP) is 7.65. The van der Waals surface area contributed by atoms with E-state index in [-0.39, 0.29) is 16.7 Å². The fraction of sp³-hybridized carbons (Fsp3) is 0.182. The van der Waals surface area contributed by atoms with E-state index < -0.39 is 10.1 Å². The highest BCUT2D eigenvalue weighted by atomic mass is 32.2. The first kappa shape index (κ1) is 25.1. The van der Waals surface area contributed by atoms with Crippen LogP contribution in [-0.4, -0.2) is 14.6 Å². The molecule has 1 aliphatic heterocycles. The molecule has 0 saturated carbocycles. The molecule has 39 heavy (non-hydrogen) atoms. The second kappa shape index (κ2) is 10.2. The van der Waals surface area contributed by atoms with Gasteiger partial charge in [-0.3, -0.25) is 4.99 Å². The lowest BCUT2D eigenvalue weighted by Crippen LogP contribution is -2.29. The molecule has 1 heterocycles. The predicted molar refractivity (Wildman–Crippen MR) is 157 cm³/mol. The van der Waals surface area contributed by atoms with Crippen molar-refractivity contribution in [1.82, 2.24) is 0 Å². The van der Waals surface area contributed by atoms with E-state index in [2.05, 4.69) is 59.7 Å². The minimum Gasteiger partial charge on any atom is -0.378 e. The largest absolute Gasteiger partial charge is 0.378 e. The summed E-state index contributed by atoms with van der Waals surface area (Å²) in [6.07, 6.45) is 7.36. The average Bonchev–Trinajstić information content (AvgIpc) is 3.43. The molecule has 1 aliphatic carbocycles. The molecule has 0 radical (unpaired) electrons. The van der Waals surface area contributed by atoms with E-state index in [9.17, 15) is 8.42 Å². The third-order valence-electron chi connectivity index (χ3n) is 7.55. The molecule has 0 saturated heterocycles. The van der Waals surface area contributed by atoms with Gasteiger partial charge in [-0.05, 0) is 79.8 Å². The van der Waals surface area contributed by atoms with E-state index in [1.807, 2.05) is 25.1 Å². The third-order valence-corrected chi connectivity index (χ3v) is 8.80. The molecule has 5 nitrogen and oxygen atoms in total. The molecule has 6 rings (SSSR count). The van der Waals surface area contributed by atoms with Crippen LogP contribution in [0.1, 0.15) is 46.2 Å². The molecule has 3 atom stereocenters. The van der Waals surface area contributed by atoms with E-state index in [1.165, 1.54) is 22.4 Å². The number of fused-ring (bicyclic) bond motifs is 3. The molecule has 4 aromatic rings. The van der Waals surface area contributed by atoms with Crippen LogP contribution in [0.15, 0.2) is 113 Å². The van der Waals surface area contributed by atoms with Gasteiger partial charge in [0.05, 0.1) is 11.7 Å². The number of nitrogens with zero attached hydrogens (tertiary/aromatic N) is 1. The Morgan fingerprint density at radius 3 is 2.44 bits per heavy atom. The molecule has 196 valence electrons. The molecule has 0 spiro atoms. The number of rotatable bonds is 6. The van der Waals surface area contributed by atoms with Gasteiger partial charge in [0.25, 0.3) is 0 Å². The summed E-state index contributed by atoms with van der Waals surface area (Å²) < 4.78 is 31.1. The van der Waals surface area contributed by atoms with Crippen LogP contribution in [0.25, 0.3) is 0 Å². The van der Waals surface area contributed by atoms with Gasteiger partial charge in [-0.25, -0.2) is 0 Å². The second-order valence-electron chi connectivity index (χ2n) is 10.3. The summed E-state index contributed by atoms with van der Waals surface area (Å²) in [7, 11) is -3.96. The van der Waals surface area contributed by atoms with Gasteiger partial charge < -0.3 is 9.50 Å². The molecule has 0 aromatic heterocycles. The van der Waals surface area contributed by atoms with Crippen molar-refractivity contribution < 1.29 is 12.6 Å². The number of nitrogens with one attached hydrogen (secondary N) is 1. The highest BCUT2D eigenvalue weighted by molar-refractivity contribution is 7.87. The standard InChI is InChI=1S/C33H30N2O3S/c1-22-10-17-27(18-11-22)39(36,37)38-32-9-4-3-6-25(32)21-34-26-15-13-24(14-16-26)33-29-8-5-7-28(29)30-20-23(2)12-19-31(30)35-33/h3-7,9-21,28-29,33,35H,8H2,1-2H3/t28-,29-,33+/m1/s1. The van der Waals surface area contributed by atoms with Gasteiger partial charge in [-0.2, -0.15) is 8.42 Å². The Hall–Kier alpha value is -4.16. The Bertz CT molecular complexity index is 1670. The summed E-state index contributed by atoms with van der Waals surface area (Å²) in [6, 6.07) is 28.7. The maximum Gasteiger partial charge on any atom is 0.339 e.